The first kappa shape index (κ1) is 34.3. The number of carbonyl (C=O) groups is 2. The predicted octanol–water partition coefficient (Wildman–Crippen LogP) is 4.87. The zero-order chi connectivity index (χ0) is 32.5. The Kier molecular flexibility index (Phi) is 12.3. The molecular weight excluding hydrogens is 576 g/mol. The van der Waals surface area contributed by atoms with Gasteiger partial charge in [0.25, 0.3) is 5.91 Å². The highest BCUT2D eigenvalue weighted by molar-refractivity contribution is 5.99. The molecule has 2 aromatic carbocycles. The Bertz CT molecular complexity index is 1290. The topological polar surface area (TPSA) is 122 Å². The lowest BCUT2D eigenvalue weighted by Crippen LogP contribution is -2.47. The minimum absolute atomic E-state index is 0.0401. The molecule has 3 amide bonds. The summed E-state index contributed by atoms with van der Waals surface area (Å²) in [6, 6.07) is 10.3. The number of urea groups is 1. The number of ether oxygens (including phenoxy) is 4. The summed E-state index contributed by atoms with van der Waals surface area (Å²) in [5.74, 6) is 1.65. The van der Waals surface area contributed by atoms with Crippen LogP contribution in [0.1, 0.15) is 69.8 Å². The number of benzene rings is 2. The van der Waals surface area contributed by atoms with Crippen molar-refractivity contribution in [3.05, 3.63) is 47.5 Å². The maximum absolute atomic E-state index is 14.3. The van der Waals surface area contributed by atoms with Crippen LogP contribution in [0.4, 0.5) is 10.5 Å². The second-order valence-electron chi connectivity index (χ2n) is 12.6. The standard InChI is InChI=1S/C34H50N4O7/c1-22(2)35-34(41)36-27-11-13-29-28(16-27)33(40)38(24(4)20-39)17-23(3)32(42-14-8-7-9-25(5)45-29)19-37(6)18-26-10-12-30-31(15-26)44-21-43-30/h10-13,15-16,22-25,32,39H,7-9,14,17-21H2,1-6H3,(H2,35,36,41)/t23-,24-,25-,32-/m0/s1. The zero-order valence-corrected chi connectivity index (χ0v) is 27.5. The minimum Gasteiger partial charge on any atom is -0.490 e. The minimum atomic E-state index is -0.453. The Hall–Kier alpha value is -3.54. The van der Waals surface area contributed by atoms with Gasteiger partial charge in [-0.05, 0) is 89.9 Å². The summed E-state index contributed by atoms with van der Waals surface area (Å²) in [4.78, 5) is 30.6. The van der Waals surface area contributed by atoms with Crippen LogP contribution in [0.2, 0.25) is 0 Å². The molecule has 0 saturated carbocycles. The van der Waals surface area contributed by atoms with Crippen LogP contribution < -0.4 is 24.8 Å². The molecule has 3 N–H and O–H groups in total. The first-order valence-corrected chi connectivity index (χ1v) is 16.0. The number of nitrogens with one attached hydrogen (secondary N) is 2. The number of aliphatic hydroxyl groups is 1. The number of likely N-dealkylation sites (N-methyl/N-ethyl adjacent to an activating group) is 1. The lowest BCUT2D eigenvalue weighted by atomic mass is 10.0. The smallest absolute Gasteiger partial charge is 0.319 e. The fourth-order valence-electron chi connectivity index (χ4n) is 5.61. The quantitative estimate of drug-likeness (QED) is 0.380. The molecule has 4 atom stereocenters. The van der Waals surface area contributed by atoms with Crippen molar-refractivity contribution in [2.45, 2.75) is 84.7 Å². The number of nitrogens with zero attached hydrogens (tertiary/aromatic N) is 2. The Morgan fingerprint density at radius 1 is 1.07 bits per heavy atom. The molecule has 2 aliphatic heterocycles. The zero-order valence-electron chi connectivity index (χ0n) is 27.5. The van der Waals surface area contributed by atoms with E-state index in [1.807, 2.05) is 45.9 Å². The first-order chi connectivity index (χ1) is 21.5. The fourth-order valence-corrected chi connectivity index (χ4v) is 5.61. The van der Waals surface area contributed by atoms with E-state index >= 15 is 0 Å². The second-order valence-corrected chi connectivity index (χ2v) is 12.6. The molecule has 4 rings (SSSR count). The molecule has 0 aliphatic carbocycles. The lowest BCUT2D eigenvalue weighted by molar-refractivity contribution is -0.0177. The van der Waals surface area contributed by atoms with Crippen molar-refractivity contribution in [2.75, 3.05) is 45.5 Å². The predicted molar refractivity (Wildman–Crippen MR) is 173 cm³/mol. The van der Waals surface area contributed by atoms with Crippen LogP contribution in [0.5, 0.6) is 17.2 Å². The number of anilines is 1. The summed E-state index contributed by atoms with van der Waals surface area (Å²) in [6.07, 6.45) is 2.32. The van der Waals surface area contributed by atoms with E-state index in [2.05, 4.69) is 29.5 Å². The van der Waals surface area contributed by atoms with Gasteiger partial charge in [0.2, 0.25) is 6.79 Å². The van der Waals surface area contributed by atoms with Crippen molar-refractivity contribution in [2.24, 2.45) is 5.92 Å². The lowest BCUT2D eigenvalue weighted by Gasteiger charge is -2.36. The van der Waals surface area contributed by atoms with Gasteiger partial charge in [0, 0.05) is 43.9 Å². The molecule has 0 spiro atoms. The molecule has 45 heavy (non-hydrogen) atoms. The molecular formula is C34H50N4O7. The van der Waals surface area contributed by atoms with Crippen molar-refractivity contribution < 1.29 is 33.6 Å². The molecule has 2 aliphatic rings. The van der Waals surface area contributed by atoms with Crippen molar-refractivity contribution in [1.82, 2.24) is 15.1 Å². The van der Waals surface area contributed by atoms with Gasteiger partial charge in [0.1, 0.15) is 5.75 Å². The maximum atomic E-state index is 14.3. The van der Waals surface area contributed by atoms with Crippen LogP contribution >= 0.6 is 0 Å². The SMILES string of the molecule is CC(C)NC(=O)Nc1ccc2c(c1)C(=O)N([C@@H](C)CO)C[C@H](C)[C@H](CN(C)Cc1ccc3c(c1)OCO3)OCCCC[C@H](C)O2. The fraction of sp³-hybridized carbons (Fsp3) is 0.588. The Labute approximate surface area is 267 Å². The van der Waals surface area contributed by atoms with Gasteiger partial charge < -0.3 is 39.6 Å². The largest absolute Gasteiger partial charge is 0.490 e. The van der Waals surface area contributed by atoms with Crippen molar-refractivity contribution in [3.63, 3.8) is 0 Å². The van der Waals surface area contributed by atoms with Crippen molar-refractivity contribution in [3.8, 4) is 17.2 Å². The van der Waals surface area contributed by atoms with Crippen LogP contribution in [0.3, 0.4) is 0 Å². The van der Waals surface area contributed by atoms with E-state index in [-0.39, 0.29) is 49.5 Å². The Balaban J connectivity index is 1.57. The van der Waals surface area contributed by atoms with E-state index in [4.69, 9.17) is 18.9 Å². The molecule has 0 radical (unpaired) electrons. The monoisotopic (exact) mass is 626 g/mol. The summed E-state index contributed by atoms with van der Waals surface area (Å²) in [5.41, 5.74) is 1.93. The highest BCUT2D eigenvalue weighted by Crippen LogP contribution is 2.33. The highest BCUT2D eigenvalue weighted by Gasteiger charge is 2.30. The summed E-state index contributed by atoms with van der Waals surface area (Å²) in [6.45, 7) is 12.0. The van der Waals surface area contributed by atoms with E-state index < -0.39 is 6.04 Å². The number of hydrogen-bond donors (Lipinski definition) is 3. The Morgan fingerprint density at radius 2 is 1.82 bits per heavy atom. The molecule has 2 aromatic rings. The van der Waals surface area contributed by atoms with E-state index in [1.165, 1.54) is 0 Å². The number of fused-ring (bicyclic) bond motifs is 2. The number of hydrogen-bond acceptors (Lipinski definition) is 8. The van der Waals surface area contributed by atoms with Gasteiger partial charge in [-0.3, -0.25) is 9.69 Å². The van der Waals surface area contributed by atoms with E-state index in [0.717, 1.165) is 36.3 Å². The number of rotatable bonds is 8. The highest BCUT2D eigenvalue weighted by atomic mass is 16.7. The van der Waals surface area contributed by atoms with Crippen molar-refractivity contribution >= 4 is 17.6 Å². The van der Waals surface area contributed by atoms with Crippen LogP contribution in [0, 0.1) is 5.92 Å². The molecule has 11 nitrogen and oxygen atoms in total. The van der Waals surface area contributed by atoms with Crippen LogP contribution in [0.15, 0.2) is 36.4 Å². The van der Waals surface area contributed by atoms with Crippen LogP contribution in [-0.2, 0) is 11.3 Å². The van der Waals surface area contributed by atoms with Crippen LogP contribution in [0.25, 0.3) is 0 Å². The third-order valence-corrected chi connectivity index (χ3v) is 8.11. The van der Waals surface area contributed by atoms with Gasteiger partial charge in [-0.25, -0.2) is 4.79 Å². The van der Waals surface area contributed by atoms with Gasteiger partial charge in [-0.15, -0.1) is 0 Å². The molecule has 2 heterocycles. The van der Waals surface area contributed by atoms with Gasteiger partial charge in [-0.1, -0.05) is 13.0 Å². The number of aliphatic hydroxyl groups excluding tert-OH is 1. The van der Waals surface area contributed by atoms with E-state index in [9.17, 15) is 14.7 Å². The summed E-state index contributed by atoms with van der Waals surface area (Å²) >= 11 is 0. The van der Waals surface area contributed by atoms with Gasteiger partial charge >= 0.3 is 6.03 Å². The average molecular weight is 627 g/mol. The molecule has 11 heteroatoms. The molecule has 0 fully saturated rings. The van der Waals surface area contributed by atoms with Gasteiger partial charge in [0.15, 0.2) is 11.5 Å². The second kappa shape index (κ2) is 16.1. The average Bonchev–Trinajstić information content (AvgIpc) is 3.46. The molecule has 248 valence electrons. The Morgan fingerprint density at radius 3 is 2.58 bits per heavy atom. The normalized spacial score (nSPS) is 21.6. The summed E-state index contributed by atoms with van der Waals surface area (Å²) < 4.78 is 23.8. The molecule has 0 bridgehead atoms. The van der Waals surface area contributed by atoms with Gasteiger partial charge in [0.05, 0.1) is 30.4 Å². The number of carbonyl (C=O) groups excluding carboxylic acids is 2. The molecule has 0 aromatic heterocycles. The molecule has 0 unspecified atom stereocenters. The van der Waals surface area contributed by atoms with Gasteiger partial charge in [-0.2, -0.15) is 0 Å². The van der Waals surface area contributed by atoms with E-state index in [1.54, 1.807) is 23.1 Å². The van der Waals surface area contributed by atoms with Crippen molar-refractivity contribution in [1.29, 1.82) is 0 Å². The third kappa shape index (κ3) is 9.72. The maximum Gasteiger partial charge on any atom is 0.319 e. The summed E-state index contributed by atoms with van der Waals surface area (Å²) in [5, 5.41) is 15.8. The first-order valence-electron chi connectivity index (χ1n) is 16.0. The van der Waals surface area contributed by atoms with E-state index in [0.29, 0.717) is 43.2 Å². The molecule has 0 saturated heterocycles. The van der Waals surface area contributed by atoms with Crippen LogP contribution in [-0.4, -0.2) is 91.3 Å². The third-order valence-electron chi connectivity index (χ3n) is 8.11. The summed E-state index contributed by atoms with van der Waals surface area (Å²) in [7, 11) is 2.06. The number of amides is 3.